The van der Waals surface area contributed by atoms with E-state index >= 15 is 0 Å². The summed E-state index contributed by atoms with van der Waals surface area (Å²) >= 11 is 5.86. The molecule has 3 rings (SSSR count). The molecule has 3 heterocycles. The standard InChI is InChI=1S/C10H9ClN8O/c11-8-15-9(12-4-2-7-13-6-20-18-7)17-10(16-8)19-5-1-3-14-19/h1,3,5-6H,2,4H2,(H,12,15,16,17). The van der Waals surface area contributed by atoms with Gasteiger partial charge in [-0.2, -0.15) is 25.0 Å². The molecular formula is C10H9ClN8O. The second-order valence-electron chi connectivity index (χ2n) is 3.70. The Morgan fingerprint density at radius 2 is 2.25 bits per heavy atom. The maximum atomic E-state index is 5.86. The second kappa shape index (κ2) is 5.61. The highest BCUT2D eigenvalue weighted by Crippen LogP contribution is 2.08. The van der Waals surface area contributed by atoms with Crippen LogP contribution in [-0.2, 0) is 6.42 Å². The number of hydrogen-bond acceptors (Lipinski definition) is 8. The molecule has 102 valence electrons. The fraction of sp³-hybridized carbons (Fsp3) is 0.200. The van der Waals surface area contributed by atoms with Crippen LogP contribution < -0.4 is 5.32 Å². The summed E-state index contributed by atoms with van der Waals surface area (Å²) < 4.78 is 6.14. The van der Waals surface area contributed by atoms with Crippen molar-refractivity contribution in [1.82, 2.24) is 34.9 Å². The van der Waals surface area contributed by atoms with Gasteiger partial charge in [0.25, 0.3) is 5.95 Å². The third-order valence-corrected chi connectivity index (χ3v) is 2.51. The molecule has 10 heteroatoms. The molecule has 0 amide bonds. The van der Waals surface area contributed by atoms with E-state index in [-0.39, 0.29) is 5.28 Å². The van der Waals surface area contributed by atoms with Crippen molar-refractivity contribution in [3.05, 3.63) is 36.0 Å². The number of halogens is 1. The van der Waals surface area contributed by atoms with Crippen LogP contribution in [0, 0.1) is 0 Å². The Labute approximate surface area is 118 Å². The summed E-state index contributed by atoms with van der Waals surface area (Å²) in [6, 6.07) is 1.76. The first-order valence-electron chi connectivity index (χ1n) is 5.72. The molecule has 0 unspecified atom stereocenters. The van der Waals surface area contributed by atoms with E-state index in [9.17, 15) is 0 Å². The Balaban J connectivity index is 1.70. The third-order valence-electron chi connectivity index (χ3n) is 2.34. The van der Waals surface area contributed by atoms with E-state index < -0.39 is 0 Å². The van der Waals surface area contributed by atoms with Gasteiger partial charge in [0.1, 0.15) is 0 Å². The van der Waals surface area contributed by atoms with Gasteiger partial charge in [-0.1, -0.05) is 5.16 Å². The number of rotatable bonds is 5. The maximum absolute atomic E-state index is 5.86. The molecule has 0 atom stereocenters. The first-order chi connectivity index (χ1) is 9.81. The molecule has 0 aromatic carbocycles. The summed E-state index contributed by atoms with van der Waals surface area (Å²) in [7, 11) is 0. The highest BCUT2D eigenvalue weighted by atomic mass is 35.5. The SMILES string of the molecule is Clc1nc(NCCc2ncon2)nc(-n2cccn2)n1. The van der Waals surface area contributed by atoms with Crippen molar-refractivity contribution in [3.8, 4) is 5.95 Å². The summed E-state index contributed by atoms with van der Waals surface area (Å²) in [6.07, 6.45) is 5.21. The molecular weight excluding hydrogens is 284 g/mol. The topological polar surface area (TPSA) is 107 Å². The van der Waals surface area contributed by atoms with Crippen LogP contribution in [0.25, 0.3) is 5.95 Å². The van der Waals surface area contributed by atoms with Gasteiger partial charge in [-0.3, -0.25) is 0 Å². The van der Waals surface area contributed by atoms with Gasteiger partial charge >= 0.3 is 0 Å². The van der Waals surface area contributed by atoms with Gasteiger partial charge < -0.3 is 9.84 Å². The van der Waals surface area contributed by atoms with Crippen LogP contribution in [0.5, 0.6) is 0 Å². The molecule has 3 aromatic heterocycles. The predicted octanol–water partition coefficient (Wildman–Crippen LogP) is 0.748. The lowest BCUT2D eigenvalue weighted by Crippen LogP contribution is -2.12. The van der Waals surface area contributed by atoms with Crippen LogP contribution in [-0.4, -0.2) is 41.4 Å². The zero-order chi connectivity index (χ0) is 13.8. The number of nitrogens with zero attached hydrogens (tertiary/aromatic N) is 7. The van der Waals surface area contributed by atoms with Crippen LogP contribution >= 0.6 is 11.6 Å². The van der Waals surface area contributed by atoms with Gasteiger partial charge in [0.15, 0.2) is 5.82 Å². The molecule has 0 aliphatic rings. The molecule has 3 aromatic rings. The smallest absolute Gasteiger partial charge is 0.256 e. The molecule has 0 radical (unpaired) electrons. The summed E-state index contributed by atoms with van der Waals surface area (Å²) in [5.74, 6) is 1.31. The maximum Gasteiger partial charge on any atom is 0.256 e. The third kappa shape index (κ3) is 2.88. The molecule has 20 heavy (non-hydrogen) atoms. The van der Waals surface area contributed by atoms with Crippen molar-refractivity contribution in [2.75, 3.05) is 11.9 Å². The lowest BCUT2D eigenvalue weighted by molar-refractivity contribution is 0.410. The first kappa shape index (κ1) is 12.5. The van der Waals surface area contributed by atoms with E-state index in [2.05, 4.69) is 40.0 Å². The minimum atomic E-state index is 0.0903. The number of anilines is 1. The predicted molar refractivity (Wildman–Crippen MR) is 68.5 cm³/mol. The molecule has 0 spiro atoms. The van der Waals surface area contributed by atoms with E-state index in [1.165, 1.54) is 11.1 Å². The highest BCUT2D eigenvalue weighted by Gasteiger charge is 2.07. The normalized spacial score (nSPS) is 10.7. The van der Waals surface area contributed by atoms with Crippen molar-refractivity contribution in [3.63, 3.8) is 0 Å². The molecule has 0 saturated carbocycles. The lowest BCUT2D eigenvalue weighted by atomic mass is 10.4. The lowest BCUT2D eigenvalue weighted by Gasteiger charge is -2.05. The molecule has 1 N–H and O–H groups in total. The zero-order valence-corrected chi connectivity index (χ0v) is 10.9. The Hall–Kier alpha value is -2.55. The largest absolute Gasteiger partial charge is 0.354 e. The van der Waals surface area contributed by atoms with Crippen LogP contribution in [0.2, 0.25) is 5.28 Å². The van der Waals surface area contributed by atoms with Gasteiger partial charge in [-0.05, 0) is 17.7 Å². The minimum Gasteiger partial charge on any atom is -0.354 e. The summed E-state index contributed by atoms with van der Waals surface area (Å²) in [6.45, 7) is 0.540. The van der Waals surface area contributed by atoms with Gasteiger partial charge in [0, 0.05) is 25.4 Å². The van der Waals surface area contributed by atoms with Gasteiger partial charge in [0.2, 0.25) is 17.6 Å². The molecule has 0 saturated heterocycles. The summed E-state index contributed by atoms with van der Waals surface area (Å²) in [5.41, 5.74) is 0. The fourth-order valence-corrected chi connectivity index (χ4v) is 1.65. The van der Waals surface area contributed by atoms with E-state index in [0.29, 0.717) is 30.7 Å². The summed E-state index contributed by atoms with van der Waals surface area (Å²) in [5, 5.41) is 10.8. The van der Waals surface area contributed by atoms with Crippen LogP contribution in [0.3, 0.4) is 0 Å². The first-order valence-corrected chi connectivity index (χ1v) is 6.10. The van der Waals surface area contributed by atoms with Crippen molar-refractivity contribution < 1.29 is 4.52 Å². The molecule has 9 nitrogen and oxygen atoms in total. The quantitative estimate of drug-likeness (QED) is 0.734. The Kier molecular flexibility index (Phi) is 3.50. The van der Waals surface area contributed by atoms with E-state index in [0.717, 1.165) is 0 Å². The Morgan fingerprint density at radius 1 is 1.30 bits per heavy atom. The second-order valence-corrected chi connectivity index (χ2v) is 4.04. The minimum absolute atomic E-state index is 0.0903. The number of nitrogens with one attached hydrogen (secondary N) is 1. The van der Waals surface area contributed by atoms with Crippen molar-refractivity contribution in [1.29, 1.82) is 0 Å². The average Bonchev–Trinajstić information content (AvgIpc) is 3.11. The average molecular weight is 293 g/mol. The van der Waals surface area contributed by atoms with Gasteiger partial charge in [-0.25, -0.2) is 4.68 Å². The van der Waals surface area contributed by atoms with Gasteiger partial charge in [0.05, 0.1) is 0 Å². The Morgan fingerprint density at radius 3 is 3.00 bits per heavy atom. The summed E-state index contributed by atoms with van der Waals surface area (Å²) in [4.78, 5) is 16.1. The number of hydrogen-bond donors (Lipinski definition) is 1. The van der Waals surface area contributed by atoms with E-state index in [1.807, 2.05) is 0 Å². The molecule has 0 fully saturated rings. The molecule has 0 bridgehead atoms. The Bertz CT molecular complexity index is 669. The van der Waals surface area contributed by atoms with Crippen LogP contribution in [0.4, 0.5) is 5.95 Å². The van der Waals surface area contributed by atoms with E-state index in [4.69, 9.17) is 11.6 Å². The van der Waals surface area contributed by atoms with Crippen molar-refractivity contribution in [2.45, 2.75) is 6.42 Å². The molecule has 0 aliphatic carbocycles. The van der Waals surface area contributed by atoms with Crippen LogP contribution in [0.1, 0.15) is 5.82 Å². The van der Waals surface area contributed by atoms with E-state index in [1.54, 1.807) is 18.5 Å². The van der Waals surface area contributed by atoms with Gasteiger partial charge in [-0.15, -0.1) is 0 Å². The van der Waals surface area contributed by atoms with Crippen molar-refractivity contribution in [2.24, 2.45) is 0 Å². The highest BCUT2D eigenvalue weighted by molar-refractivity contribution is 6.28. The fourth-order valence-electron chi connectivity index (χ4n) is 1.50. The number of aromatic nitrogens is 7. The molecule has 0 aliphatic heterocycles. The van der Waals surface area contributed by atoms with Crippen molar-refractivity contribution >= 4 is 17.5 Å². The zero-order valence-electron chi connectivity index (χ0n) is 10.1. The van der Waals surface area contributed by atoms with Crippen LogP contribution in [0.15, 0.2) is 29.4 Å². The monoisotopic (exact) mass is 292 g/mol.